The fraction of sp³-hybridized carbons (Fsp3) is 0.278. The molecule has 0 radical (unpaired) electrons. The number of halogens is 2. The van der Waals surface area contributed by atoms with Crippen LogP contribution in [0.1, 0.15) is 12.0 Å². The summed E-state index contributed by atoms with van der Waals surface area (Å²) in [5, 5.41) is 5.50. The molecule has 1 aliphatic heterocycles. The average Bonchev–Trinajstić information content (AvgIpc) is 2.57. The Bertz CT molecular complexity index is 723. The second-order valence-electron chi connectivity index (χ2n) is 5.84. The van der Waals surface area contributed by atoms with E-state index in [0.29, 0.717) is 5.02 Å². The molecule has 1 aliphatic rings. The maximum atomic E-state index is 6.27. The summed E-state index contributed by atoms with van der Waals surface area (Å²) in [7, 11) is 0. The molecule has 0 saturated carbocycles. The van der Waals surface area contributed by atoms with Gasteiger partial charge in [0, 0.05) is 35.4 Å². The molecule has 0 atom stereocenters. The molecule has 0 unspecified atom stereocenters. The maximum absolute atomic E-state index is 6.27. The molecule has 6 heteroatoms. The van der Waals surface area contributed by atoms with Gasteiger partial charge in [0.1, 0.15) is 0 Å². The van der Waals surface area contributed by atoms with E-state index in [-0.39, 0.29) is 0 Å². The zero-order valence-corrected chi connectivity index (χ0v) is 15.5. The van der Waals surface area contributed by atoms with Crippen LogP contribution >= 0.6 is 35.4 Å². The summed E-state index contributed by atoms with van der Waals surface area (Å²) < 4.78 is 0. The van der Waals surface area contributed by atoms with Crippen molar-refractivity contribution in [3.05, 3.63) is 64.1 Å². The van der Waals surface area contributed by atoms with Gasteiger partial charge in [0.05, 0.1) is 6.67 Å². The minimum atomic E-state index is 0.696. The molecule has 126 valence electrons. The Kier molecular flexibility index (Phi) is 5.95. The van der Waals surface area contributed by atoms with E-state index in [1.165, 1.54) is 0 Å². The largest absolute Gasteiger partial charge is 0.336 e. The minimum absolute atomic E-state index is 0.696. The summed E-state index contributed by atoms with van der Waals surface area (Å²) in [4.78, 5) is 4.53. The monoisotopic (exact) mass is 379 g/mol. The zero-order chi connectivity index (χ0) is 16.9. The van der Waals surface area contributed by atoms with Gasteiger partial charge in [0.25, 0.3) is 0 Å². The van der Waals surface area contributed by atoms with Crippen LogP contribution in [0, 0.1) is 0 Å². The van der Waals surface area contributed by atoms with Gasteiger partial charge in [-0.1, -0.05) is 47.5 Å². The summed E-state index contributed by atoms with van der Waals surface area (Å²) in [6.45, 7) is 3.61. The Morgan fingerprint density at radius 2 is 1.92 bits per heavy atom. The van der Waals surface area contributed by atoms with Crippen LogP contribution in [0.15, 0.2) is 48.5 Å². The van der Waals surface area contributed by atoms with Crippen molar-refractivity contribution in [3.8, 4) is 0 Å². The molecule has 2 aromatic rings. The summed E-state index contributed by atoms with van der Waals surface area (Å²) in [6.07, 6.45) is 1.07. The van der Waals surface area contributed by atoms with Gasteiger partial charge in [-0.2, -0.15) is 0 Å². The van der Waals surface area contributed by atoms with Gasteiger partial charge >= 0.3 is 0 Å². The van der Waals surface area contributed by atoms with Gasteiger partial charge in [0.2, 0.25) is 0 Å². The van der Waals surface area contributed by atoms with Crippen LogP contribution in [0.5, 0.6) is 0 Å². The summed E-state index contributed by atoms with van der Waals surface area (Å²) >= 11 is 17.9. The van der Waals surface area contributed by atoms with Gasteiger partial charge in [-0.25, -0.2) is 0 Å². The van der Waals surface area contributed by atoms with Crippen molar-refractivity contribution in [1.82, 2.24) is 9.80 Å². The standard InChI is InChI=1S/C18H19Cl2N3S/c19-15-6-3-7-16(11-15)21-18(24)23-10-4-9-22(13-23)12-14-5-1-2-8-17(14)20/h1-3,5-8,11H,4,9-10,12-13H2,(H,21,24). The Hall–Kier alpha value is -1.33. The van der Waals surface area contributed by atoms with Gasteiger partial charge in [0.15, 0.2) is 5.11 Å². The molecular formula is C18H19Cl2N3S. The number of anilines is 1. The Morgan fingerprint density at radius 1 is 1.08 bits per heavy atom. The van der Waals surface area contributed by atoms with E-state index < -0.39 is 0 Å². The van der Waals surface area contributed by atoms with Crippen LogP contribution < -0.4 is 5.32 Å². The molecule has 0 aromatic heterocycles. The van der Waals surface area contributed by atoms with Gasteiger partial charge < -0.3 is 10.2 Å². The number of nitrogens with zero attached hydrogens (tertiary/aromatic N) is 2. The molecule has 0 spiro atoms. The summed E-state index contributed by atoms with van der Waals surface area (Å²) in [5.74, 6) is 0. The third-order valence-corrected chi connectivity index (χ3v) is 4.95. The normalized spacial score (nSPS) is 15.3. The molecule has 0 aliphatic carbocycles. The quantitative estimate of drug-likeness (QED) is 0.767. The summed E-state index contributed by atoms with van der Waals surface area (Å²) in [5.41, 5.74) is 2.06. The van der Waals surface area contributed by atoms with Crippen molar-refractivity contribution in [2.24, 2.45) is 0 Å². The first-order valence-corrected chi connectivity index (χ1v) is 9.05. The molecule has 0 amide bonds. The van der Waals surface area contributed by atoms with E-state index in [0.717, 1.165) is 54.1 Å². The molecule has 3 rings (SSSR count). The van der Waals surface area contributed by atoms with Crippen LogP contribution in [0.25, 0.3) is 0 Å². The van der Waals surface area contributed by atoms with Crippen LogP contribution in [0.3, 0.4) is 0 Å². The van der Waals surface area contributed by atoms with Crippen molar-refractivity contribution in [3.63, 3.8) is 0 Å². The number of hydrogen-bond donors (Lipinski definition) is 1. The topological polar surface area (TPSA) is 18.5 Å². The van der Waals surface area contributed by atoms with Crippen LogP contribution in [0.4, 0.5) is 5.69 Å². The van der Waals surface area contributed by atoms with Crippen LogP contribution in [-0.2, 0) is 6.54 Å². The second-order valence-corrected chi connectivity index (χ2v) is 7.07. The lowest BCUT2D eigenvalue weighted by atomic mass is 10.2. The smallest absolute Gasteiger partial charge is 0.174 e. The van der Waals surface area contributed by atoms with Crippen LogP contribution in [0.2, 0.25) is 10.0 Å². The number of benzene rings is 2. The Labute approximate surface area is 158 Å². The van der Waals surface area contributed by atoms with E-state index in [1.54, 1.807) is 0 Å². The van der Waals surface area contributed by atoms with E-state index in [9.17, 15) is 0 Å². The van der Waals surface area contributed by atoms with Gasteiger partial charge in [-0.05, 0) is 48.5 Å². The maximum Gasteiger partial charge on any atom is 0.174 e. The summed E-state index contributed by atoms with van der Waals surface area (Å²) in [6, 6.07) is 15.6. The van der Waals surface area contributed by atoms with Crippen molar-refractivity contribution >= 4 is 46.2 Å². The molecule has 1 fully saturated rings. The average molecular weight is 380 g/mol. The number of thiocarbonyl (C=S) groups is 1. The third kappa shape index (κ3) is 4.61. The molecule has 1 heterocycles. The molecule has 1 saturated heterocycles. The minimum Gasteiger partial charge on any atom is -0.336 e. The van der Waals surface area contributed by atoms with Gasteiger partial charge in [-0.15, -0.1) is 0 Å². The van der Waals surface area contributed by atoms with Crippen molar-refractivity contribution in [2.75, 3.05) is 25.1 Å². The highest BCUT2D eigenvalue weighted by Gasteiger charge is 2.20. The fourth-order valence-electron chi connectivity index (χ4n) is 2.80. The lowest BCUT2D eigenvalue weighted by Gasteiger charge is -2.37. The highest BCUT2D eigenvalue weighted by molar-refractivity contribution is 7.80. The molecule has 24 heavy (non-hydrogen) atoms. The lowest BCUT2D eigenvalue weighted by Crippen LogP contribution is -2.48. The van der Waals surface area contributed by atoms with Gasteiger partial charge in [-0.3, -0.25) is 4.90 Å². The van der Waals surface area contributed by atoms with E-state index in [2.05, 4.69) is 21.2 Å². The number of hydrogen-bond acceptors (Lipinski definition) is 2. The van der Waals surface area contributed by atoms with Crippen LogP contribution in [-0.4, -0.2) is 34.7 Å². The van der Waals surface area contributed by atoms with Crippen molar-refractivity contribution in [1.29, 1.82) is 0 Å². The first kappa shape index (κ1) is 17.5. The Morgan fingerprint density at radius 3 is 2.71 bits per heavy atom. The van der Waals surface area contributed by atoms with E-state index in [4.69, 9.17) is 35.4 Å². The molecule has 0 bridgehead atoms. The lowest BCUT2D eigenvalue weighted by molar-refractivity contribution is 0.134. The van der Waals surface area contributed by atoms with E-state index >= 15 is 0 Å². The highest BCUT2D eigenvalue weighted by Crippen LogP contribution is 2.20. The molecule has 3 nitrogen and oxygen atoms in total. The first-order valence-electron chi connectivity index (χ1n) is 7.89. The predicted molar refractivity (Wildman–Crippen MR) is 106 cm³/mol. The number of nitrogens with one attached hydrogen (secondary N) is 1. The van der Waals surface area contributed by atoms with Crippen molar-refractivity contribution < 1.29 is 0 Å². The SMILES string of the molecule is S=C(Nc1cccc(Cl)c1)N1CCCN(Cc2ccccc2Cl)C1. The second kappa shape index (κ2) is 8.17. The predicted octanol–water partition coefficient (Wildman–Crippen LogP) is 4.86. The molecular weight excluding hydrogens is 361 g/mol. The molecule has 2 aromatic carbocycles. The Balaban J connectivity index is 1.60. The number of rotatable bonds is 3. The fourth-order valence-corrected chi connectivity index (χ4v) is 3.45. The first-order chi connectivity index (χ1) is 11.6. The molecule has 1 N–H and O–H groups in total. The van der Waals surface area contributed by atoms with Crippen molar-refractivity contribution in [2.45, 2.75) is 13.0 Å². The van der Waals surface area contributed by atoms with E-state index in [1.807, 2.05) is 42.5 Å². The highest BCUT2D eigenvalue weighted by atomic mass is 35.5. The zero-order valence-electron chi connectivity index (χ0n) is 13.2. The third-order valence-electron chi connectivity index (χ3n) is 3.99.